The summed E-state index contributed by atoms with van der Waals surface area (Å²) in [5.41, 5.74) is 8.98. The molecule has 0 amide bonds. The first kappa shape index (κ1) is 27.8. The molecule has 1 aliphatic carbocycles. The third-order valence-corrected chi connectivity index (χ3v) is 10.3. The summed E-state index contributed by atoms with van der Waals surface area (Å²) in [6.45, 7) is 23.5. The molecule has 3 aliphatic rings. The fourth-order valence-corrected chi connectivity index (χ4v) is 6.39. The van der Waals surface area contributed by atoms with E-state index in [1.807, 2.05) is 0 Å². The monoisotopic (exact) mass is 536 g/mol. The quantitative estimate of drug-likeness (QED) is 0.372. The van der Waals surface area contributed by atoms with Gasteiger partial charge in [0.1, 0.15) is 0 Å². The van der Waals surface area contributed by atoms with E-state index in [1.165, 1.54) is 38.9 Å². The van der Waals surface area contributed by atoms with Gasteiger partial charge in [0.25, 0.3) is 0 Å². The Morgan fingerprint density at radius 3 is 1.18 bits per heavy atom. The van der Waals surface area contributed by atoms with Crippen LogP contribution >= 0.6 is 0 Å². The number of rotatable bonds is 3. The van der Waals surface area contributed by atoms with Crippen molar-refractivity contribution in [3.8, 4) is 11.1 Å². The fourth-order valence-electron chi connectivity index (χ4n) is 6.39. The zero-order chi connectivity index (χ0) is 29.0. The summed E-state index contributed by atoms with van der Waals surface area (Å²) in [6, 6.07) is 20.3. The topological polar surface area (TPSA) is 36.9 Å². The van der Waals surface area contributed by atoms with Crippen molar-refractivity contribution in [2.75, 3.05) is 0 Å². The first-order valence-electron chi connectivity index (χ1n) is 14.5. The van der Waals surface area contributed by atoms with Crippen molar-refractivity contribution >= 4 is 25.2 Å². The van der Waals surface area contributed by atoms with Crippen LogP contribution in [0.1, 0.15) is 90.1 Å². The van der Waals surface area contributed by atoms with Crippen molar-refractivity contribution in [3.05, 3.63) is 82.4 Å². The summed E-state index contributed by atoms with van der Waals surface area (Å²) in [5, 5.41) is 0. The average Bonchev–Trinajstić information content (AvgIpc) is 3.33. The fraction of sp³-hybridized carbons (Fsp3) is 0.471. The van der Waals surface area contributed by atoms with Crippen LogP contribution in [-0.4, -0.2) is 36.6 Å². The molecule has 0 bridgehead atoms. The van der Waals surface area contributed by atoms with Gasteiger partial charge in [-0.1, -0.05) is 65.7 Å². The van der Waals surface area contributed by atoms with Crippen LogP contribution < -0.4 is 10.9 Å². The Hall–Kier alpha value is -2.37. The van der Waals surface area contributed by atoms with Gasteiger partial charge in [0, 0.05) is 5.41 Å². The van der Waals surface area contributed by atoms with Crippen LogP contribution in [-0.2, 0) is 24.0 Å². The zero-order valence-corrected chi connectivity index (χ0v) is 26.0. The highest BCUT2D eigenvalue weighted by Gasteiger charge is 2.54. The van der Waals surface area contributed by atoms with Gasteiger partial charge in [-0.25, -0.2) is 0 Å². The van der Waals surface area contributed by atoms with Crippen LogP contribution in [0, 0.1) is 13.8 Å². The molecule has 4 nitrogen and oxygen atoms in total. The molecule has 2 aliphatic heterocycles. The lowest BCUT2D eigenvalue weighted by Gasteiger charge is -2.32. The van der Waals surface area contributed by atoms with E-state index in [-0.39, 0.29) is 5.41 Å². The second-order valence-electron chi connectivity index (χ2n) is 14.3. The molecular weight excluding hydrogens is 494 g/mol. The maximum atomic E-state index is 6.47. The van der Waals surface area contributed by atoms with E-state index >= 15 is 0 Å². The van der Waals surface area contributed by atoms with Crippen molar-refractivity contribution in [3.63, 3.8) is 0 Å². The highest BCUT2D eigenvalue weighted by Crippen LogP contribution is 2.52. The van der Waals surface area contributed by atoms with Gasteiger partial charge in [-0.05, 0) is 115 Å². The number of benzene rings is 3. The van der Waals surface area contributed by atoms with E-state index < -0.39 is 36.6 Å². The van der Waals surface area contributed by atoms with Crippen molar-refractivity contribution in [2.45, 2.75) is 104 Å². The molecule has 3 aromatic rings. The predicted octanol–water partition coefficient (Wildman–Crippen LogP) is 6.24. The van der Waals surface area contributed by atoms with Crippen LogP contribution in [0.5, 0.6) is 0 Å². The normalized spacial score (nSPS) is 22.9. The summed E-state index contributed by atoms with van der Waals surface area (Å²) in [4.78, 5) is 0. The van der Waals surface area contributed by atoms with Crippen molar-refractivity contribution < 1.29 is 18.6 Å². The first-order valence-corrected chi connectivity index (χ1v) is 14.5. The maximum Gasteiger partial charge on any atom is 0.494 e. The molecular formula is C34H42B2O4. The van der Waals surface area contributed by atoms with Crippen LogP contribution in [0.3, 0.4) is 0 Å². The van der Waals surface area contributed by atoms with Crippen LogP contribution in [0.15, 0.2) is 54.6 Å². The number of fused-ring (bicyclic) bond motifs is 3. The molecule has 3 aromatic carbocycles. The summed E-state index contributed by atoms with van der Waals surface area (Å²) in [5.74, 6) is 0. The molecule has 0 aromatic heterocycles. The molecule has 208 valence electrons. The molecule has 0 N–H and O–H groups in total. The Balaban J connectivity index is 1.51. The lowest BCUT2D eigenvalue weighted by molar-refractivity contribution is 0.00578. The highest BCUT2D eigenvalue weighted by atomic mass is 16.7. The van der Waals surface area contributed by atoms with E-state index in [2.05, 4.69) is 131 Å². The van der Waals surface area contributed by atoms with E-state index in [0.29, 0.717) is 0 Å². The van der Waals surface area contributed by atoms with Gasteiger partial charge < -0.3 is 18.6 Å². The second kappa shape index (κ2) is 8.58. The van der Waals surface area contributed by atoms with Gasteiger partial charge in [-0.2, -0.15) is 0 Å². The minimum Gasteiger partial charge on any atom is -0.399 e. The minimum atomic E-state index is -0.414. The summed E-state index contributed by atoms with van der Waals surface area (Å²) in [6.07, 6.45) is 0. The molecule has 2 fully saturated rings. The molecule has 0 spiro atoms. The van der Waals surface area contributed by atoms with Crippen LogP contribution in [0.4, 0.5) is 0 Å². The highest BCUT2D eigenvalue weighted by molar-refractivity contribution is 6.62. The van der Waals surface area contributed by atoms with Gasteiger partial charge in [0.2, 0.25) is 0 Å². The lowest BCUT2D eigenvalue weighted by atomic mass is 9.69. The Labute approximate surface area is 241 Å². The van der Waals surface area contributed by atoms with Crippen molar-refractivity contribution in [1.29, 1.82) is 0 Å². The standard InChI is InChI=1S/C34H42B2O4/c1-21-16-22(2)18-23(17-21)34(11)28-19-24(35-37-30(3,4)31(5,6)38-35)12-14-26(28)27-15-13-25(20-29(27)34)36-39-32(7,8)33(9,10)40-36/h12-20H,1-11H3. The SMILES string of the molecule is Cc1cc(C)cc(C2(C)c3cc(B4OC(C)(C)C(C)(C)O4)ccc3-c3ccc(B4OC(C)(C)C(C)(C)O4)cc32)c1. The third-order valence-electron chi connectivity index (χ3n) is 10.3. The Morgan fingerprint density at radius 1 is 0.475 bits per heavy atom. The van der Waals surface area contributed by atoms with Gasteiger partial charge in [-0.3, -0.25) is 0 Å². The first-order chi connectivity index (χ1) is 18.5. The Bertz CT molecular complexity index is 1380. The summed E-state index contributed by atoms with van der Waals surface area (Å²) >= 11 is 0. The maximum absolute atomic E-state index is 6.47. The molecule has 2 heterocycles. The minimum absolute atomic E-state index is 0.374. The number of aryl methyl sites for hydroxylation is 2. The number of hydrogen-bond acceptors (Lipinski definition) is 4. The van der Waals surface area contributed by atoms with E-state index in [4.69, 9.17) is 18.6 Å². The number of hydrogen-bond donors (Lipinski definition) is 0. The van der Waals surface area contributed by atoms with Crippen molar-refractivity contribution in [1.82, 2.24) is 0 Å². The smallest absolute Gasteiger partial charge is 0.399 e. The van der Waals surface area contributed by atoms with Gasteiger partial charge in [0.05, 0.1) is 22.4 Å². The second-order valence-corrected chi connectivity index (χ2v) is 14.3. The Kier molecular flexibility index (Phi) is 5.96. The molecule has 0 saturated carbocycles. The molecule has 6 heteroatoms. The van der Waals surface area contributed by atoms with Crippen LogP contribution in [0.2, 0.25) is 0 Å². The molecule has 0 atom stereocenters. The summed E-state index contributed by atoms with van der Waals surface area (Å²) in [7, 11) is -0.828. The molecule has 0 radical (unpaired) electrons. The predicted molar refractivity (Wildman–Crippen MR) is 165 cm³/mol. The summed E-state index contributed by atoms with van der Waals surface area (Å²) < 4.78 is 25.9. The van der Waals surface area contributed by atoms with Crippen molar-refractivity contribution in [2.24, 2.45) is 0 Å². The van der Waals surface area contributed by atoms with Gasteiger partial charge in [0.15, 0.2) is 0 Å². The molecule has 40 heavy (non-hydrogen) atoms. The lowest BCUT2D eigenvalue weighted by Crippen LogP contribution is -2.41. The molecule has 2 saturated heterocycles. The average molecular weight is 536 g/mol. The van der Waals surface area contributed by atoms with E-state index in [0.717, 1.165) is 10.9 Å². The third kappa shape index (κ3) is 3.98. The zero-order valence-electron chi connectivity index (χ0n) is 26.0. The van der Waals surface area contributed by atoms with E-state index in [1.54, 1.807) is 0 Å². The van der Waals surface area contributed by atoms with Gasteiger partial charge >= 0.3 is 14.2 Å². The van der Waals surface area contributed by atoms with Crippen LogP contribution in [0.25, 0.3) is 11.1 Å². The van der Waals surface area contributed by atoms with E-state index in [9.17, 15) is 0 Å². The Morgan fingerprint density at radius 2 is 0.825 bits per heavy atom. The van der Waals surface area contributed by atoms with Gasteiger partial charge in [-0.15, -0.1) is 0 Å². The molecule has 0 unspecified atom stereocenters. The molecule has 6 rings (SSSR count). The largest absolute Gasteiger partial charge is 0.494 e.